The van der Waals surface area contributed by atoms with Gasteiger partial charge in [0.25, 0.3) is 11.9 Å². The van der Waals surface area contributed by atoms with Gasteiger partial charge in [-0.15, -0.1) is 0 Å². The molecule has 2 aromatic carbocycles. The lowest BCUT2D eigenvalue weighted by Gasteiger charge is -2.29. The molecule has 2 aliphatic heterocycles. The lowest BCUT2D eigenvalue weighted by molar-refractivity contribution is 0.0811. The largest absolute Gasteiger partial charge is 0.454 e. The predicted octanol–water partition coefficient (Wildman–Crippen LogP) is 3.42. The van der Waals surface area contributed by atoms with Crippen LogP contribution in [0.4, 0.5) is 11.7 Å². The smallest absolute Gasteiger partial charge is 0.298 e. The number of nitrogens with zero attached hydrogens (tertiary/aromatic N) is 2. The number of hydrogen-bond donors (Lipinski definition) is 1. The minimum atomic E-state index is -0.229. The van der Waals surface area contributed by atoms with Gasteiger partial charge >= 0.3 is 0 Å². The van der Waals surface area contributed by atoms with Gasteiger partial charge in [-0.2, -0.15) is 4.98 Å². The van der Waals surface area contributed by atoms with E-state index in [4.69, 9.17) is 18.6 Å². The number of aromatic nitrogens is 1. The first-order valence-electron chi connectivity index (χ1n) is 9.59. The van der Waals surface area contributed by atoms with Crippen LogP contribution in [0.3, 0.4) is 0 Å². The van der Waals surface area contributed by atoms with Crippen LogP contribution in [0, 0.1) is 0 Å². The minimum Gasteiger partial charge on any atom is -0.454 e. The summed E-state index contributed by atoms with van der Waals surface area (Å²) in [6.45, 7) is 1.87. The quantitative estimate of drug-likeness (QED) is 0.724. The zero-order chi connectivity index (χ0) is 19.8. The van der Waals surface area contributed by atoms with Gasteiger partial charge in [0.05, 0.1) is 6.10 Å². The Bertz CT molecular complexity index is 1060. The normalized spacial score (nSPS) is 16.4. The van der Waals surface area contributed by atoms with E-state index in [1.54, 1.807) is 31.4 Å². The van der Waals surface area contributed by atoms with E-state index in [0.29, 0.717) is 46.0 Å². The van der Waals surface area contributed by atoms with Gasteiger partial charge in [-0.3, -0.25) is 4.79 Å². The maximum atomic E-state index is 12.6. The number of hydrogen-bond acceptors (Lipinski definition) is 7. The Labute approximate surface area is 167 Å². The van der Waals surface area contributed by atoms with E-state index in [1.165, 1.54) is 0 Å². The first-order chi connectivity index (χ1) is 14.2. The van der Waals surface area contributed by atoms with Gasteiger partial charge in [-0.05, 0) is 49.2 Å². The molecule has 0 spiro atoms. The topological polar surface area (TPSA) is 86.1 Å². The van der Waals surface area contributed by atoms with Crippen LogP contribution in [0.25, 0.3) is 11.1 Å². The first-order valence-corrected chi connectivity index (χ1v) is 9.59. The van der Waals surface area contributed by atoms with Gasteiger partial charge < -0.3 is 28.8 Å². The van der Waals surface area contributed by atoms with Crippen LogP contribution in [-0.2, 0) is 4.74 Å². The minimum absolute atomic E-state index is 0.175. The van der Waals surface area contributed by atoms with Crippen molar-refractivity contribution < 1.29 is 23.4 Å². The SMILES string of the molecule is COC1CCN(c2nc3cc(NC(=O)c4ccc5c(c4)OCO5)ccc3o2)CC1. The van der Waals surface area contributed by atoms with Crippen LogP contribution >= 0.6 is 0 Å². The maximum absolute atomic E-state index is 12.6. The van der Waals surface area contributed by atoms with Crippen molar-refractivity contribution in [2.75, 3.05) is 37.2 Å². The highest BCUT2D eigenvalue weighted by Gasteiger charge is 2.22. The number of methoxy groups -OCH3 is 1. The van der Waals surface area contributed by atoms with E-state index >= 15 is 0 Å². The van der Waals surface area contributed by atoms with E-state index < -0.39 is 0 Å². The van der Waals surface area contributed by atoms with Crippen molar-refractivity contribution in [2.45, 2.75) is 18.9 Å². The maximum Gasteiger partial charge on any atom is 0.298 e. The second-order valence-electron chi connectivity index (χ2n) is 7.12. The highest BCUT2D eigenvalue weighted by Crippen LogP contribution is 2.33. The highest BCUT2D eigenvalue weighted by atomic mass is 16.7. The van der Waals surface area contributed by atoms with E-state index in [-0.39, 0.29) is 12.7 Å². The standard InChI is InChI=1S/C21H21N3O5/c1-26-15-6-8-24(9-7-15)21-23-16-11-14(3-5-17(16)29-21)22-20(25)13-2-4-18-19(10-13)28-12-27-18/h2-5,10-11,15H,6-9,12H2,1H3,(H,22,25). The monoisotopic (exact) mass is 395 g/mol. The molecule has 0 bridgehead atoms. The number of rotatable bonds is 4. The number of fused-ring (bicyclic) bond motifs is 2. The summed E-state index contributed by atoms with van der Waals surface area (Å²) >= 11 is 0. The summed E-state index contributed by atoms with van der Waals surface area (Å²) in [5, 5.41) is 2.90. The summed E-state index contributed by atoms with van der Waals surface area (Å²) in [6, 6.07) is 11.2. The zero-order valence-electron chi connectivity index (χ0n) is 16.0. The van der Waals surface area contributed by atoms with Crippen LogP contribution < -0.4 is 19.7 Å². The Morgan fingerprint density at radius 1 is 1.14 bits per heavy atom. The predicted molar refractivity (Wildman–Crippen MR) is 107 cm³/mol. The van der Waals surface area contributed by atoms with Gasteiger partial charge in [0.2, 0.25) is 6.79 Å². The van der Waals surface area contributed by atoms with Crippen LogP contribution in [-0.4, -0.2) is 44.0 Å². The third kappa shape index (κ3) is 3.47. The average molecular weight is 395 g/mol. The van der Waals surface area contributed by atoms with Gasteiger partial charge in [-0.1, -0.05) is 0 Å². The molecule has 0 aliphatic carbocycles. The van der Waals surface area contributed by atoms with Crippen molar-refractivity contribution in [3.8, 4) is 11.5 Å². The summed E-state index contributed by atoms with van der Waals surface area (Å²) in [5.74, 6) is 0.993. The summed E-state index contributed by atoms with van der Waals surface area (Å²) in [6.07, 6.45) is 2.20. The van der Waals surface area contributed by atoms with Crippen molar-refractivity contribution in [1.29, 1.82) is 0 Å². The molecule has 1 N–H and O–H groups in total. The van der Waals surface area contributed by atoms with E-state index in [1.807, 2.05) is 12.1 Å². The third-order valence-corrected chi connectivity index (χ3v) is 5.31. The Morgan fingerprint density at radius 3 is 2.79 bits per heavy atom. The molecule has 0 saturated carbocycles. The van der Waals surface area contributed by atoms with Crippen LogP contribution in [0.5, 0.6) is 11.5 Å². The number of oxazole rings is 1. The van der Waals surface area contributed by atoms with Gasteiger partial charge in [0.1, 0.15) is 5.52 Å². The molecule has 1 saturated heterocycles. The highest BCUT2D eigenvalue weighted by molar-refractivity contribution is 6.05. The first kappa shape index (κ1) is 17.8. The fourth-order valence-electron chi connectivity index (χ4n) is 3.65. The zero-order valence-corrected chi connectivity index (χ0v) is 16.0. The molecule has 3 heterocycles. The van der Waals surface area contributed by atoms with Crippen LogP contribution in [0.2, 0.25) is 0 Å². The second-order valence-corrected chi connectivity index (χ2v) is 7.12. The number of carbonyl (C=O) groups is 1. The molecule has 8 nitrogen and oxygen atoms in total. The van der Waals surface area contributed by atoms with E-state index in [0.717, 1.165) is 25.9 Å². The summed E-state index contributed by atoms with van der Waals surface area (Å²) in [5.41, 5.74) is 2.54. The molecule has 0 unspecified atom stereocenters. The molecule has 29 heavy (non-hydrogen) atoms. The third-order valence-electron chi connectivity index (χ3n) is 5.31. The number of ether oxygens (including phenoxy) is 3. The van der Waals surface area contributed by atoms with Gasteiger partial charge in [-0.25, -0.2) is 0 Å². The van der Waals surface area contributed by atoms with Crippen molar-refractivity contribution in [2.24, 2.45) is 0 Å². The van der Waals surface area contributed by atoms with Crippen molar-refractivity contribution in [3.63, 3.8) is 0 Å². The number of benzene rings is 2. The number of piperidine rings is 1. The molecule has 3 aromatic rings. The summed E-state index contributed by atoms with van der Waals surface area (Å²) in [7, 11) is 1.75. The molecule has 0 atom stereocenters. The number of amides is 1. The molecule has 1 fully saturated rings. The molecule has 1 amide bonds. The fourth-order valence-corrected chi connectivity index (χ4v) is 3.65. The van der Waals surface area contributed by atoms with Crippen molar-refractivity contribution >= 4 is 28.7 Å². The molecule has 5 rings (SSSR count). The lowest BCUT2D eigenvalue weighted by atomic mass is 10.1. The van der Waals surface area contributed by atoms with Crippen molar-refractivity contribution in [3.05, 3.63) is 42.0 Å². The Hall–Kier alpha value is -3.26. The van der Waals surface area contributed by atoms with E-state index in [2.05, 4.69) is 15.2 Å². The number of nitrogens with one attached hydrogen (secondary N) is 1. The number of anilines is 2. The summed E-state index contributed by atoms with van der Waals surface area (Å²) < 4.78 is 21.9. The lowest BCUT2D eigenvalue weighted by Crippen LogP contribution is -2.36. The molecule has 1 aromatic heterocycles. The Kier molecular flexibility index (Phi) is 4.48. The second kappa shape index (κ2) is 7.29. The van der Waals surface area contributed by atoms with Crippen molar-refractivity contribution in [1.82, 2.24) is 4.98 Å². The van der Waals surface area contributed by atoms with E-state index in [9.17, 15) is 4.79 Å². The molecule has 8 heteroatoms. The molecule has 2 aliphatic rings. The molecule has 150 valence electrons. The molecule has 0 radical (unpaired) electrons. The van der Waals surface area contributed by atoms with Crippen LogP contribution in [0.15, 0.2) is 40.8 Å². The Balaban J connectivity index is 1.31. The average Bonchev–Trinajstić information content (AvgIpc) is 3.39. The van der Waals surface area contributed by atoms with Crippen LogP contribution in [0.1, 0.15) is 23.2 Å². The summed E-state index contributed by atoms with van der Waals surface area (Å²) in [4.78, 5) is 19.3. The fraction of sp³-hybridized carbons (Fsp3) is 0.333. The molecular weight excluding hydrogens is 374 g/mol. The number of carbonyl (C=O) groups excluding carboxylic acids is 1. The van der Waals surface area contributed by atoms with Gasteiger partial charge in [0, 0.05) is 31.5 Å². The molecular formula is C21H21N3O5. The van der Waals surface area contributed by atoms with Gasteiger partial charge in [0.15, 0.2) is 17.1 Å². The Morgan fingerprint density at radius 2 is 1.97 bits per heavy atom.